The van der Waals surface area contributed by atoms with E-state index in [2.05, 4.69) is 10.1 Å². The van der Waals surface area contributed by atoms with Crippen molar-refractivity contribution >= 4 is 17.0 Å². The van der Waals surface area contributed by atoms with Crippen LogP contribution in [0.2, 0.25) is 0 Å². The Labute approximate surface area is 90.6 Å². The molecule has 0 saturated heterocycles. The second-order valence-electron chi connectivity index (χ2n) is 3.21. The number of nitrogens with one attached hydrogen (secondary N) is 1. The highest BCUT2D eigenvalue weighted by atomic mass is 32.1. The van der Waals surface area contributed by atoms with E-state index in [1.807, 2.05) is 12.3 Å². The zero-order chi connectivity index (χ0) is 10.8. The second-order valence-corrected chi connectivity index (χ2v) is 4.08. The van der Waals surface area contributed by atoms with Gasteiger partial charge in [-0.3, -0.25) is 9.89 Å². The molecular formula is C9H12N4OS. The number of rotatable bonds is 3. The lowest BCUT2D eigenvalue weighted by molar-refractivity contribution is 0.788. The summed E-state index contributed by atoms with van der Waals surface area (Å²) in [7, 11) is 0. The van der Waals surface area contributed by atoms with Crippen LogP contribution in [0.5, 0.6) is 0 Å². The first-order valence-corrected chi connectivity index (χ1v) is 5.61. The van der Waals surface area contributed by atoms with Crippen LogP contribution in [0.3, 0.4) is 0 Å². The molecule has 15 heavy (non-hydrogen) atoms. The van der Waals surface area contributed by atoms with Gasteiger partial charge in [0.05, 0.1) is 5.69 Å². The van der Waals surface area contributed by atoms with E-state index in [-0.39, 0.29) is 5.56 Å². The number of aromatic nitrogens is 3. The summed E-state index contributed by atoms with van der Waals surface area (Å²) in [6.07, 6.45) is 3.38. The molecule has 5 nitrogen and oxygen atoms in total. The zero-order valence-corrected chi connectivity index (χ0v) is 9.17. The lowest BCUT2D eigenvalue weighted by atomic mass is 10.2. The third kappa shape index (κ3) is 1.68. The molecule has 0 saturated carbocycles. The molecule has 2 aromatic rings. The van der Waals surface area contributed by atoms with Crippen LogP contribution in [-0.4, -0.2) is 14.8 Å². The molecule has 0 unspecified atom stereocenters. The molecule has 6 heteroatoms. The molecule has 0 amide bonds. The minimum atomic E-state index is -0.214. The monoisotopic (exact) mass is 224 g/mol. The quantitative estimate of drug-likeness (QED) is 0.821. The van der Waals surface area contributed by atoms with Crippen molar-refractivity contribution in [2.45, 2.75) is 19.8 Å². The SMILES string of the molecule is CCCc1[nH]n(-c2nccs2)c(=O)c1N. The summed E-state index contributed by atoms with van der Waals surface area (Å²) in [5.74, 6) is 0. The molecule has 2 rings (SSSR count). The molecule has 0 aliphatic heterocycles. The van der Waals surface area contributed by atoms with Gasteiger partial charge in [0.1, 0.15) is 5.69 Å². The minimum absolute atomic E-state index is 0.214. The summed E-state index contributed by atoms with van der Waals surface area (Å²) >= 11 is 1.40. The van der Waals surface area contributed by atoms with Gasteiger partial charge in [-0.25, -0.2) is 4.98 Å². The molecule has 0 aliphatic rings. The Morgan fingerprint density at radius 1 is 1.67 bits per heavy atom. The Morgan fingerprint density at radius 2 is 2.47 bits per heavy atom. The van der Waals surface area contributed by atoms with Crippen molar-refractivity contribution in [3.05, 3.63) is 27.6 Å². The summed E-state index contributed by atoms with van der Waals surface area (Å²) in [6.45, 7) is 2.04. The molecule has 0 radical (unpaired) electrons. The number of nitrogens with zero attached hydrogens (tertiary/aromatic N) is 2. The maximum Gasteiger partial charge on any atom is 0.296 e. The highest BCUT2D eigenvalue weighted by molar-refractivity contribution is 7.12. The molecule has 80 valence electrons. The summed E-state index contributed by atoms with van der Waals surface area (Å²) in [6, 6.07) is 0. The Morgan fingerprint density at radius 3 is 3.07 bits per heavy atom. The Kier molecular flexibility index (Phi) is 2.59. The molecule has 2 heterocycles. The summed E-state index contributed by atoms with van der Waals surface area (Å²) in [4.78, 5) is 15.8. The third-order valence-electron chi connectivity index (χ3n) is 2.12. The summed E-state index contributed by atoms with van der Waals surface area (Å²) in [5.41, 5.74) is 6.58. The first-order chi connectivity index (χ1) is 7.24. The van der Waals surface area contributed by atoms with Gasteiger partial charge in [0, 0.05) is 11.6 Å². The van der Waals surface area contributed by atoms with Gasteiger partial charge in [0.25, 0.3) is 5.56 Å². The topological polar surface area (TPSA) is 76.7 Å². The fourth-order valence-electron chi connectivity index (χ4n) is 1.40. The number of aryl methyl sites for hydroxylation is 1. The highest BCUT2D eigenvalue weighted by Crippen LogP contribution is 2.12. The van der Waals surface area contributed by atoms with E-state index in [4.69, 9.17) is 5.73 Å². The van der Waals surface area contributed by atoms with Crippen molar-refractivity contribution < 1.29 is 0 Å². The van der Waals surface area contributed by atoms with Gasteiger partial charge < -0.3 is 5.73 Å². The Hall–Kier alpha value is -1.56. The first kappa shape index (κ1) is 9.97. The lowest BCUT2D eigenvalue weighted by Gasteiger charge is -1.95. The zero-order valence-electron chi connectivity index (χ0n) is 8.36. The molecule has 0 aromatic carbocycles. The Bertz CT molecular complexity index is 497. The molecular weight excluding hydrogens is 212 g/mol. The van der Waals surface area contributed by atoms with E-state index < -0.39 is 0 Å². The van der Waals surface area contributed by atoms with E-state index in [0.29, 0.717) is 10.8 Å². The fourth-order valence-corrected chi connectivity index (χ4v) is 2.00. The van der Waals surface area contributed by atoms with E-state index in [1.54, 1.807) is 6.20 Å². The van der Waals surface area contributed by atoms with Crippen LogP contribution in [0.4, 0.5) is 5.69 Å². The largest absolute Gasteiger partial charge is 0.393 e. The predicted octanol–water partition coefficient (Wildman–Crippen LogP) is 1.16. The molecule has 0 fully saturated rings. The van der Waals surface area contributed by atoms with Gasteiger partial charge in [-0.1, -0.05) is 13.3 Å². The molecule has 0 bridgehead atoms. The van der Waals surface area contributed by atoms with Crippen molar-refractivity contribution in [1.29, 1.82) is 0 Å². The Balaban J connectivity index is 2.50. The van der Waals surface area contributed by atoms with Crippen molar-refractivity contribution in [3.8, 4) is 5.13 Å². The predicted molar refractivity (Wildman–Crippen MR) is 60.5 cm³/mol. The molecule has 0 aliphatic carbocycles. The number of nitrogen functional groups attached to an aromatic ring is 1. The highest BCUT2D eigenvalue weighted by Gasteiger charge is 2.12. The lowest BCUT2D eigenvalue weighted by Crippen LogP contribution is -2.16. The summed E-state index contributed by atoms with van der Waals surface area (Å²) in [5, 5.41) is 5.42. The summed E-state index contributed by atoms with van der Waals surface area (Å²) < 4.78 is 1.39. The van der Waals surface area contributed by atoms with E-state index >= 15 is 0 Å². The molecule has 0 atom stereocenters. The van der Waals surface area contributed by atoms with Gasteiger partial charge in [-0.05, 0) is 6.42 Å². The van der Waals surface area contributed by atoms with Gasteiger partial charge >= 0.3 is 0 Å². The van der Waals surface area contributed by atoms with Crippen LogP contribution in [0.15, 0.2) is 16.4 Å². The maximum absolute atomic E-state index is 11.7. The van der Waals surface area contributed by atoms with Gasteiger partial charge in [-0.15, -0.1) is 11.3 Å². The third-order valence-corrected chi connectivity index (χ3v) is 2.87. The van der Waals surface area contributed by atoms with Crippen molar-refractivity contribution in [2.75, 3.05) is 5.73 Å². The van der Waals surface area contributed by atoms with Gasteiger partial charge in [0.2, 0.25) is 5.13 Å². The molecule has 0 spiro atoms. The number of hydrogen-bond donors (Lipinski definition) is 2. The van der Waals surface area contributed by atoms with Crippen molar-refractivity contribution in [2.24, 2.45) is 0 Å². The van der Waals surface area contributed by atoms with Crippen LogP contribution in [0, 0.1) is 0 Å². The van der Waals surface area contributed by atoms with Gasteiger partial charge in [0.15, 0.2) is 0 Å². The first-order valence-electron chi connectivity index (χ1n) is 4.73. The number of H-pyrrole nitrogens is 1. The van der Waals surface area contributed by atoms with E-state index in [9.17, 15) is 4.79 Å². The number of thiazole rings is 1. The van der Waals surface area contributed by atoms with Crippen LogP contribution >= 0.6 is 11.3 Å². The number of anilines is 1. The maximum atomic E-state index is 11.7. The van der Waals surface area contributed by atoms with Crippen LogP contribution in [-0.2, 0) is 6.42 Å². The van der Waals surface area contributed by atoms with Crippen LogP contribution in [0.1, 0.15) is 19.0 Å². The average molecular weight is 224 g/mol. The second kappa shape index (κ2) is 3.90. The standard InChI is InChI=1S/C9H12N4OS/c1-2-3-6-7(10)8(14)13(12-6)9-11-4-5-15-9/h4-5,12H,2-3,10H2,1H3. The number of hydrogen-bond acceptors (Lipinski definition) is 4. The van der Waals surface area contributed by atoms with E-state index in [1.165, 1.54) is 16.0 Å². The van der Waals surface area contributed by atoms with Crippen molar-refractivity contribution in [1.82, 2.24) is 14.8 Å². The smallest absolute Gasteiger partial charge is 0.296 e. The van der Waals surface area contributed by atoms with Gasteiger partial charge in [-0.2, -0.15) is 4.68 Å². The number of nitrogens with two attached hydrogens (primary N) is 1. The molecule has 2 aromatic heterocycles. The average Bonchev–Trinajstić information content (AvgIpc) is 2.82. The normalized spacial score (nSPS) is 10.7. The fraction of sp³-hybridized carbons (Fsp3) is 0.333. The van der Waals surface area contributed by atoms with E-state index in [0.717, 1.165) is 18.5 Å². The number of aromatic amines is 1. The van der Waals surface area contributed by atoms with Crippen LogP contribution in [0.25, 0.3) is 5.13 Å². The minimum Gasteiger partial charge on any atom is -0.393 e. The van der Waals surface area contributed by atoms with Crippen LogP contribution < -0.4 is 11.3 Å². The molecule has 3 N–H and O–H groups in total. The van der Waals surface area contributed by atoms with Crippen molar-refractivity contribution in [3.63, 3.8) is 0 Å².